The molecule has 0 fully saturated rings. The van der Waals surface area contributed by atoms with Gasteiger partial charge in [0.1, 0.15) is 5.58 Å². The van der Waals surface area contributed by atoms with E-state index in [0.29, 0.717) is 5.92 Å². The summed E-state index contributed by atoms with van der Waals surface area (Å²) in [6, 6.07) is 4.00. The summed E-state index contributed by atoms with van der Waals surface area (Å²) in [5.74, 6) is 0.404. The molecule has 0 unspecified atom stereocenters. The van der Waals surface area contributed by atoms with Crippen LogP contribution in [-0.2, 0) is 0 Å². The predicted octanol–water partition coefficient (Wildman–Crippen LogP) is 4.30. The molecule has 0 aliphatic carbocycles. The number of furan rings is 1. The molecule has 0 saturated carbocycles. The van der Waals surface area contributed by atoms with Gasteiger partial charge in [-0.2, -0.15) is 0 Å². The summed E-state index contributed by atoms with van der Waals surface area (Å²) in [6.07, 6.45) is 1.72. The highest BCUT2D eigenvalue weighted by molar-refractivity contribution is 14.1. The molecule has 3 rings (SSSR count). The molecule has 3 nitrogen and oxygen atoms in total. The smallest absolute Gasteiger partial charge is 0.169 e. The largest absolute Gasteiger partial charge is 0.464 e. The highest BCUT2D eigenvalue weighted by Crippen LogP contribution is 2.35. The van der Waals surface area contributed by atoms with E-state index in [1.807, 2.05) is 12.1 Å². The average molecular weight is 327 g/mol. The number of fused-ring (bicyclic) bond motifs is 3. The zero-order chi connectivity index (χ0) is 11.3. The van der Waals surface area contributed by atoms with Crippen molar-refractivity contribution in [2.24, 2.45) is 0 Å². The van der Waals surface area contributed by atoms with Gasteiger partial charge in [-0.15, -0.1) is 0 Å². The average Bonchev–Trinajstić information content (AvgIpc) is 2.82. The Labute approximate surface area is 106 Å². The zero-order valence-electron chi connectivity index (χ0n) is 8.95. The summed E-state index contributed by atoms with van der Waals surface area (Å²) >= 11 is 2.18. The molecular formula is C12H10INO2. The number of halogens is 1. The fourth-order valence-electron chi connectivity index (χ4n) is 1.99. The molecule has 1 aromatic carbocycles. The zero-order valence-corrected chi connectivity index (χ0v) is 11.1. The van der Waals surface area contributed by atoms with Gasteiger partial charge in [-0.05, 0) is 40.6 Å². The van der Waals surface area contributed by atoms with Crippen molar-refractivity contribution < 1.29 is 8.94 Å². The monoisotopic (exact) mass is 327 g/mol. The van der Waals surface area contributed by atoms with Gasteiger partial charge in [0, 0.05) is 10.9 Å². The topological polar surface area (TPSA) is 39.2 Å². The Balaban J connectivity index is 2.55. The maximum Gasteiger partial charge on any atom is 0.169 e. The van der Waals surface area contributed by atoms with Crippen LogP contribution < -0.4 is 0 Å². The van der Waals surface area contributed by atoms with Crippen LogP contribution in [0.1, 0.15) is 25.3 Å². The third kappa shape index (κ3) is 1.29. The van der Waals surface area contributed by atoms with Crippen LogP contribution in [0, 0.1) is 3.70 Å². The fourth-order valence-corrected chi connectivity index (χ4v) is 2.64. The quantitative estimate of drug-likeness (QED) is 0.626. The highest BCUT2D eigenvalue weighted by atomic mass is 127. The van der Waals surface area contributed by atoms with E-state index in [0.717, 1.165) is 25.6 Å². The maximum atomic E-state index is 5.57. The Morgan fingerprint density at radius 3 is 2.94 bits per heavy atom. The number of aromatic nitrogens is 1. The van der Waals surface area contributed by atoms with Crippen molar-refractivity contribution in [2.75, 3.05) is 0 Å². The third-order valence-corrected chi connectivity index (χ3v) is 3.52. The third-order valence-electron chi connectivity index (χ3n) is 2.78. The Bertz CT molecular complexity index is 666. The minimum absolute atomic E-state index is 0.404. The summed E-state index contributed by atoms with van der Waals surface area (Å²) in [5.41, 5.74) is 2.95. The highest BCUT2D eigenvalue weighted by Gasteiger charge is 2.17. The molecule has 3 aromatic rings. The molecule has 0 spiro atoms. The lowest BCUT2D eigenvalue weighted by atomic mass is 9.99. The first-order valence-electron chi connectivity index (χ1n) is 5.13. The second-order valence-electron chi connectivity index (χ2n) is 4.13. The number of rotatable bonds is 1. The SMILES string of the molecule is CC(C)c1cc2onc(I)c2c2ccoc12. The number of nitrogens with zero attached hydrogens (tertiary/aromatic N) is 1. The van der Waals surface area contributed by atoms with E-state index in [1.54, 1.807) is 6.26 Å². The summed E-state index contributed by atoms with van der Waals surface area (Å²) in [5, 5.41) is 6.14. The van der Waals surface area contributed by atoms with Crippen LogP contribution in [0.2, 0.25) is 0 Å². The summed E-state index contributed by atoms with van der Waals surface area (Å²) in [4.78, 5) is 0. The molecule has 0 aliphatic rings. The lowest BCUT2D eigenvalue weighted by Crippen LogP contribution is -1.88. The van der Waals surface area contributed by atoms with E-state index in [-0.39, 0.29) is 0 Å². The van der Waals surface area contributed by atoms with Crippen LogP contribution in [0.5, 0.6) is 0 Å². The number of hydrogen-bond acceptors (Lipinski definition) is 3. The van der Waals surface area contributed by atoms with E-state index in [9.17, 15) is 0 Å². The van der Waals surface area contributed by atoms with Gasteiger partial charge in [0.25, 0.3) is 0 Å². The van der Waals surface area contributed by atoms with Crippen LogP contribution in [0.4, 0.5) is 0 Å². The molecule has 4 heteroatoms. The molecule has 2 aromatic heterocycles. The summed E-state index contributed by atoms with van der Waals surface area (Å²) in [6.45, 7) is 4.29. The minimum Gasteiger partial charge on any atom is -0.464 e. The molecule has 2 heterocycles. The first kappa shape index (κ1) is 10.1. The van der Waals surface area contributed by atoms with Crippen molar-refractivity contribution in [1.82, 2.24) is 5.16 Å². The molecular weight excluding hydrogens is 317 g/mol. The van der Waals surface area contributed by atoms with Gasteiger partial charge in [-0.3, -0.25) is 0 Å². The van der Waals surface area contributed by atoms with E-state index >= 15 is 0 Å². The summed E-state index contributed by atoms with van der Waals surface area (Å²) < 4.78 is 11.8. The van der Waals surface area contributed by atoms with E-state index in [1.165, 1.54) is 5.56 Å². The normalized spacial score (nSPS) is 12.0. The lowest BCUT2D eigenvalue weighted by Gasteiger charge is -2.05. The van der Waals surface area contributed by atoms with Crippen LogP contribution >= 0.6 is 22.6 Å². The van der Waals surface area contributed by atoms with Crippen LogP contribution in [-0.4, -0.2) is 5.16 Å². The van der Waals surface area contributed by atoms with Crippen LogP contribution in [0.3, 0.4) is 0 Å². The molecule has 0 atom stereocenters. The Morgan fingerprint density at radius 1 is 1.38 bits per heavy atom. The second-order valence-corrected chi connectivity index (χ2v) is 5.15. The van der Waals surface area contributed by atoms with Crippen molar-refractivity contribution in [1.29, 1.82) is 0 Å². The molecule has 0 radical (unpaired) electrons. The van der Waals surface area contributed by atoms with Gasteiger partial charge >= 0.3 is 0 Å². The van der Waals surface area contributed by atoms with Crippen molar-refractivity contribution in [3.8, 4) is 0 Å². The lowest BCUT2D eigenvalue weighted by molar-refractivity contribution is 0.450. The molecule has 0 saturated heterocycles. The second kappa shape index (κ2) is 3.48. The van der Waals surface area contributed by atoms with Crippen molar-refractivity contribution in [2.45, 2.75) is 19.8 Å². The number of benzene rings is 1. The van der Waals surface area contributed by atoms with Crippen molar-refractivity contribution in [3.05, 3.63) is 27.7 Å². The first-order valence-corrected chi connectivity index (χ1v) is 6.21. The van der Waals surface area contributed by atoms with E-state index in [2.05, 4.69) is 41.6 Å². The summed E-state index contributed by atoms with van der Waals surface area (Å²) in [7, 11) is 0. The maximum absolute atomic E-state index is 5.57. The van der Waals surface area contributed by atoms with Gasteiger partial charge in [0.05, 0.1) is 11.6 Å². The molecule has 0 aliphatic heterocycles. The van der Waals surface area contributed by atoms with Crippen LogP contribution in [0.15, 0.2) is 27.3 Å². The van der Waals surface area contributed by atoms with E-state index in [4.69, 9.17) is 8.94 Å². The van der Waals surface area contributed by atoms with E-state index < -0.39 is 0 Å². The van der Waals surface area contributed by atoms with Gasteiger partial charge in [0.2, 0.25) is 0 Å². The standard InChI is InChI=1S/C12H10INO2/c1-6(2)8-5-9-10(12(13)14-16-9)7-3-4-15-11(7)8/h3-6H,1-2H3. The first-order chi connectivity index (χ1) is 7.68. The van der Waals surface area contributed by atoms with Gasteiger partial charge in [0.15, 0.2) is 9.28 Å². The Hall–Kier alpha value is -1.04. The Kier molecular flexibility index (Phi) is 2.20. The van der Waals surface area contributed by atoms with Gasteiger partial charge < -0.3 is 8.94 Å². The Morgan fingerprint density at radius 2 is 2.19 bits per heavy atom. The predicted molar refractivity (Wildman–Crippen MR) is 70.6 cm³/mol. The molecule has 0 bridgehead atoms. The number of hydrogen-bond donors (Lipinski definition) is 0. The molecule has 16 heavy (non-hydrogen) atoms. The molecule has 82 valence electrons. The van der Waals surface area contributed by atoms with Gasteiger partial charge in [-0.1, -0.05) is 19.0 Å². The fraction of sp³-hybridized carbons (Fsp3) is 0.250. The van der Waals surface area contributed by atoms with Crippen LogP contribution in [0.25, 0.3) is 21.9 Å². The van der Waals surface area contributed by atoms with Crippen molar-refractivity contribution in [3.63, 3.8) is 0 Å². The minimum atomic E-state index is 0.404. The van der Waals surface area contributed by atoms with Crippen molar-refractivity contribution >= 4 is 44.5 Å². The molecule has 0 N–H and O–H groups in total. The molecule has 0 amide bonds. The van der Waals surface area contributed by atoms with Gasteiger partial charge in [-0.25, -0.2) is 0 Å².